The summed E-state index contributed by atoms with van der Waals surface area (Å²) in [4.78, 5) is 21.5. The first-order chi connectivity index (χ1) is 5.85. The van der Waals surface area contributed by atoms with E-state index in [9.17, 15) is 9.59 Å². The Labute approximate surface area is 76.3 Å². The molecule has 0 radical (unpaired) electrons. The third-order valence-electron chi connectivity index (χ3n) is 0.833. The Balaban J connectivity index is 3.82. The van der Waals surface area contributed by atoms with Crippen LogP contribution in [-0.4, -0.2) is 24.3 Å². The molecule has 6 heteroatoms. The molecule has 3 N–H and O–H groups in total. The van der Waals surface area contributed by atoms with Crippen LogP contribution in [0, 0.1) is 0 Å². The van der Waals surface area contributed by atoms with Crippen LogP contribution in [0.5, 0.6) is 0 Å². The minimum Gasteiger partial charge on any atom is -0.428 e. The minimum absolute atomic E-state index is 0.237. The van der Waals surface area contributed by atoms with E-state index in [1.165, 1.54) is 0 Å². The van der Waals surface area contributed by atoms with E-state index in [-0.39, 0.29) is 6.54 Å². The first-order valence-electron chi connectivity index (χ1n) is 3.72. The van der Waals surface area contributed by atoms with E-state index >= 15 is 0 Å². The van der Waals surface area contributed by atoms with Gasteiger partial charge in [-0.25, -0.2) is 10.2 Å². The van der Waals surface area contributed by atoms with Crippen molar-refractivity contribution in [3.05, 3.63) is 0 Å². The quantitative estimate of drug-likeness (QED) is 0.274. The molecule has 0 aromatic carbocycles. The lowest BCUT2D eigenvalue weighted by atomic mass is 10.2. The molecule has 0 aliphatic carbocycles. The normalized spacial score (nSPS) is 10.8. The van der Waals surface area contributed by atoms with Gasteiger partial charge in [-0.3, -0.25) is 10.6 Å². The highest BCUT2D eigenvalue weighted by molar-refractivity contribution is 5.83. The van der Waals surface area contributed by atoms with Crippen LogP contribution in [0.15, 0.2) is 0 Å². The van der Waals surface area contributed by atoms with Crippen molar-refractivity contribution in [2.75, 3.05) is 6.54 Å². The van der Waals surface area contributed by atoms with E-state index in [1.807, 2.05) is 0 Å². The molecule has 76 valence electrons. The molecular formula is C7H14N2O4. The zero-order chi connectivity index (χ0) is 10.5. The van der Waals surface area contributed by atoms with Crippen LogP contribution in [0.4, 0.5) is 4.79 Å². The van der Waals surface area contributed by atoms with Crippen LogP contribution in [0.1, 0.15) is 20.8 Å². The van der Waals surface area contributed by atoms with Crippen LogP contribution in [0.25, 0.3) is 0 Å². The first kappa shape index (κ1) is 11.9. The summed E-state index contributed by atoms with van der Waals surface area (Å²) in [7, 11) is 0. The monoisotopic (exact) mass is 190 g/mol. The highest BCUT2D eigenvalue weighted by Crippen LogP contribution is 2.07. The molecule has 0 unspecified atom stereocenters. The SMILES string of the molecule is CC(C)(C)OC(=O)OC(=O)CNN. The second kappa shape index (κ2) is 4.78. The Morgan fingerprint density at radius 2 is 1.92 bits per heavy atom. The summed E-state index contributed by atoms with van der Waals surface area (Å²) < 4.78 is 8.93. The number of hydrogen-bond acceptors (Lipinski definition) is 6. The lowest BCUT2D eigenvalue weighted by molar-refractivity contribution is -0.140. The zero-order valence-electron chi connectivity index (χ0n) is 7.92. The summed E-state index contributed by atoms with van der Waals surface area (Å²) in [5.74, 6) is 4.05. The summed E-state index contributed by atoms with van der Waals surface area (Å²) in [5, 5.41) is 0. The fourth-order valence-electron chi connectivity index (χ4n) is 0.483. The van der Waals surface area contributed by atoms with Crippen molar-refractivity contribution in [3.8, 4) is 0 Å². The maximum absolute atomic E-state index is 10.8. The Bertz CT molecular complexity index is 197. The van der Waals surface area contributed by atoms with Gasteiger partial charge in [-0.2, -0.15) is 0 Å². The van der Waals surface area contributed by atoms with E-state index in [4.69, 9.17) is 10.6 Å². The molecule has 0 rings (SSSR count). The average Bonchev–Trinajstić information content (AvgIpc) is 1.81. The molecule has 0 fully saturated rings. The maximum atomic E-state index is 10.8. The van der Waals surface area contributed by atoms with Gasteiger partial charge in [-0.1, -0.05) is 0 Å². The predicted molar refractivity (Wildman–Crippen MR) is 44.5 cm³/mol. The summed E-state index contributed by atoms with van der Waals surface area (Å²) in [6.45, 7) is 4.76. The predicted octanol–water partition coefficient (Wildman–Crippen LogP) is -0.0720. The molecule has 0 atom stereocenters. The van der Waals surface area contributed by atoms with Gasteiger partial charge >= 0.3 is 12.1 Å². The van der Waals surface area contributed by atoms with Gasteiger partial charge in [0.1, 0.15) is 12.1 Å². The number of hydrogen-bond donors (Lipinski definition) is 2. The summed E-state index contributed by atoms with van der Waals surface area (Å²) in [6, 6.07) is 0. The average molecular weight is 190 g/mol. The number of carbonyl (C=O) groups is 2. The van der Waals surface area contributed by atoms with Crippen LogP contribution in [-0.2, 0) is 14.3 Å². The number of esters is 1. The molecular weight excluding hydrogens is 176 g/mol. The molecule has 0 aliphatic heterocycles. The van der Waals surface area contributed by atoms with Gasteiger partial charge in [0, 0.05) is 0 Å². The molecule has 13 heavy (non-hydrogen) atoms. The number of nitrogens with two attached hydrogens (primary N) is 1. The van der Waals surface area contributed by atoms with Gasteiger partial charge in [0.15, 0.2) is 0 Å². The molecule has 0 bridgehead atoms. The van der Waals surface area contributed by atoms with Gasteiger partial charge < -0.3 is 9.47 Å². The Morgan fingerprint density at radius 3 is 2.31 bits per heavy atom. The number of nitrogens with one attached hydrogen (secondary N) is 1. The van der Waals surface area contributed by atoms with Crippen molar-refractivity contribution in [2.24, 2.45) is 5.84 Å². The van der Waals surface area contributed by atoms with E-state index < -0.39 is 17.7 Å². The standard InChI is InChI=1S/C7H14N2O4/c1-7(2,3)13-6(11)12-5(10)4-9-8/h9H,4,8H2,1-3H3. The Hall–Kier alpha value is -1.14. The molecule has 0 saturated carbocycles. The Morgan fingerprint density at radius 1 is 1.38 bits per heavy atom. The van der Waals surface area contributed by atoms with E-state index in [0.717, 1.165) is 0 Å². The maximum Gasteiger partial charge on any atom is 0.516 e. The molecule has 6 nitrogen and oxygen atoms in total. The molecule has 0 heterocycles. The minimum atomic E-state index is -1.02. The summed E-state index contributed by atoms with van der Waals surface area (Å²) >= 11 is 0. The molecule has 0 amide bonds. The fraction of sp³-hybridized carbons (Fsp3) is 0.714. The highest BCUT2D eigenvalue weighted by Gasteiger charge is 2.19. The van der Waals surface area contributed by atoms with Crippen molar-refractivity contribution in [1.29, 1.82) is 0 Å². The number of ether oxygens (including phenoxy) is 2. The summed E-state index contributed by atoms with van der Waals surface area (Å²) in [5.41, 5.74) is 1.38. The van der Waals surface area contributed by atoms with Gasteiger partial charge in [-0.15, -0.1) is 0 Å². The number of carbonyl (C=O) groups excluding carboxylic acids is 2. The number of hydrazine groups is 1. The third-order valence-corrected chi connectivity index (χ3v) is 0.833. The lowest BCUT2D eigenvalue weighted by Crippen LogP contribution is -2.33. The fourth-order valence-corrected chi connectivity index (χ4v) is 0.483. The first-order valence-corrected chi connectivity index (χ1v) is 3.72. The van der Waals surface area contributed by atoms with E-state index in [0.29, 0.717) is 0 Å². The van der Waals surface area contributed by atoms with Crippen molar-refractivity contribution in [2.45, 2.75) is 26.4 Å². The van der Waals surface area contributed by atoms with Crippen LogP contribution >= 0.6 is 0 Å². The zero-order valence-corrected chi connectivity index (χ0v) is 7.92. The second-order valence-electron chi connectivity index (χ2n) is 3.32. The van der Waals surface area contributed by atoms with Crippen LogP contribution < -0.4 is 11.3 Å². The van der Waals surface area contributed by atoms with Crippen molar-refractivity contribution < 1.29 is 19.1 Å². The molecule has 0 spiro atoms. The highest BCUT2D eigenvalue weighted by atomic mass is 16.7. The molecule has 0 aromatic rings. The second-order valence-corrected chi connectivity index (χ2v) is 3.32. The molecule has 0 aromatic heterocycles. The topological polar surface area (TPSA) is 90.6 Å². The van der Waals surface area contributed by atoms with Crippen LogP contribution in [0.2, 0.25) is 0 Å². The van der Waals surface area contributed by atoms with Gasteiger partial charge in [-0.05, 0) is 20.8 Å². The van der Waals surface area contributed by atoms with Crippen LogP contribution in [0.3, 0.4) is 0 Å². The lowest BCUT2D eigenvalue weighted by Gasteiger charge is -2.17. The van der Waals surface area contributed by atoms with Crippen molar-refractivity contribution in [1.82, 2.24) is 5.43 Å². The molecule has 0 saturated heterocycles. The van der Waals surface area contributed by atoms with E-state index in [2.05, 4.69) is 10.2 Å². The smallest absolute Gasteiger partial charge is 0.428 e. The van der Waals surface area contributed by atoms with Gasteiger partial charge in [0.05, 0.1) is 0 Å². The summed E-state index contributed by atoms with van der Waals surface area (Å²) in [6.07, 6.45) is -1.02. The van der Waals surface area contributed by atoms with Gasteiger partial charge in [0.25, 0.3) is 0 Å². The van der Waals surface area contributed by atoms with E-state index in [1.54, 1.807) is 20.8 Å². The molecule has 0 aliphatic rings. The van der Waals surface area contributed by atoms with Crippen molar-refractivity contribution >= 4 is 12.1 Å². The largest absolute Gasteiger partial charge is 0.516 e. The van der Waals surface area contributed by atoms with Crippen molar-refractivity contribution in [3.63, 3.8) is 0 Å². The van der Waals surface area contributed by atoms with Gasteiger partial charge in [0.2, 0.25) is 0 Å². The Kier molecular flexibility index (Phi) is 4.36. The third kappa shape index (κ3) is 7.23. The number of rotatable bonds is 2.